The van der Waals surface area contributed by atoms with E-state index in [0.717, 1.165) is 29.8 Å². The van der Waals surface area contributed by atoms with Crippen LogP contribution in [0.3, 0.4) is 0 Å². The number of piperidine rings is 1. The summed E-state index contributed by atoms with van der Waals surface area (Å²) in [5.74, 6) is 0.0115. The van der Waals surface area contributed by atoms with Crippen LogP contribution in [0.1, 0.15) is 65.1 Å². The Labute approximate surface area is 184 Å². The van der Waals surface area contributed by atoms with Gasteiger partial charge in [0, 0.05) is 28.9 Å². The Bertz CT molecular complexity index is 923. The summed E-state index contributed by atoms with van der Waals surface area (Å²) in [7, 11) is 0. The zero-order valence-electron chi connectivity index (χ0n) is 18.3. The predicted molar refractivity (Wildman–Crippen MR) is 122 cm³/mol. The molecule has 1 fully saturated rings. The van der Waals surface area contributed by atoms with Gasteiger partial charge in [0.15, 0.2) is 0 Å². The van der Waals surface area contributed by atoms with Gasteiger partial charge in [-0.15, -0.1) is 0 Å². The largest absolute Gasteiger partial charge is 0.361 e. The third-order valence-electron chi connectivity index (χ3n) is 6.28. The molecule has 2 heterocycles. The summed E-state index contributed by atoms with van der Waals surface area (Å²) in [5.41, 5.74) is 3.21. The molecule has 2 amide bonds. The van der Waals surface area contributed by atoms with Gasteiger partial charge in [-0.2, -0.15) is 0 Å². The summed E-state index contributed by atoms with van der Waals surface area (Å²) < 4.78 is 0. The summed E-state index contributed by atoms with van der Waals surface area (Å²) in [6, 6.07) is 15.3. The number of rotatable bonds is 8. The van der Waals surface area contributed by atoms with E-state index in [1.54, 1.807) is 4.90 Å². The van der Waals surface area contributed by atoms with Crippen LogP contribution in [0.4, 0.5) is 5.69 Å². The highest BCUT2D eigenvalue weighted by Crippen LogP contribution is 2.34. The monoisotopic (exact) mass is 421 g/mol. The Morgan fingerprint density at radius 2 is 1.90 bits per heavy atom. The minimum atomic E-state index is -0.218. The number of carbonyl (C=O) groups is 2. The number of carbonyl (C=O) groups excluding carboxylic acids is 2. The molecule has 3 N–H and O–H groups in total. The topological polar surface area (TPSA) is 65.9 Å². The molecule has 2 aromatic rings. The number of amides is 2. The van der Waals surface area contributed by atoms with Crippen LogP contribution < -0.4 is 15.5 Å². The number of hydrogen-bond acceptors (Lipinski definition) is 3. The molecule has 2 aliphatic heterocycles. The number of hydrogen-bond donors (Lipinski definition) is 3. The standard InChI is InChI=1S/C25H32N4O2/c1-2-14-29-23(21-11-4-5-12-22(21)25(29)31)27-20-10-8-9-19(18-20)24(30)26-13-17-28-15-6-3-7-16-28/h4-5,8-12,18,23,27H,2-3,6-7,13-17H2,1H3,(H,26,30)/p+1/t23-/m1/s1. The first kappa shape index (κ1) is 21.4. The first-order valence-electron chi connectivity index (χ1n) is 11.6. The fourth-order valence-corrected chi connectivity index (χ4v) is 4.66. The molecular formula is C25H33N4O2+. The molecule has 0 unspecified atom stereocenters. The van der Waals surface area contributed by atoms with Gasteiger partial charge in [-0.05, 0) is 49.9 Å². The van der Waals surface area contributed by atoms with Crippen molar-refractivity contribution in [1.29, 1.82) is 0 Å². The number of fused-ring (bicyclic) bond motifs is 1. The smallest absolute Gasteiger partial charge is 0.256 e. The third kappa shape index (κ3) is 4.90. The lowest BCUT2D eigenvalue weighted by Crippen LogP contribution is -3.13. The van der Waals surface area contributed by atoms with Gasteiger partial charge >= 0.3 is 0 Å². The molecule has 4 rings (SSSR count). The van der Waals surface area contributed by atoms with Crippen LogP contribution in [0.5, 0.6) is 0 Å². The maximum Gasteiger partial charge on any atom is 0.256 e. The number of quaternary nitrogens is 1. The minimum absolute atomic E-state index is 0.0478. The number of nitrogens with one attached hydrogen (secondary N) is 3. The molecule has 1 atom stereocenters. The summed E-state index contributed by atoms with van der Waals surface area (Å²) >= 11 is 0. The predicted octanol–water partition coefficient (Wildman–Crippen LogP) is 2.46. The van der Waals surface area contributed by atoms with Gasteiger partial charge < -0.3 is 20.4 Å². The van der Waals surface area contributed by atoms with E-state index in [2.05, 4.69) is 17.6 Å². The molecule has 0 spiro atoms. The Balaban J connectivity index is 1.41. The molecule has 31 heavy (non-hydrogen) atoms. The molecule has 0 bridgehead atoms. The highest BCUT2D eigenvalue weighted by molar-refractivity contribution is 5.99. The van der Waals surface area contributed by atoms with Crippen molar-refractivity contribution in [1.82, 2.24) is 10.2 Å². The van der Waals surface area contributed by atoms with E-state index < -0.39 is 0 Å². The fraction of sp³-hybridized carbons (Fsp3) is 0.440. The maximum atomic E-state index is 12.8. The Morgan fingerprint density at radius 3 is 2.71 bits per heavy atom. The second-order valence-corrected chi connectivity index (χ2v) is 8.53. The number of anilines is 1. The van der Waals surface area contributed by atoms with Crippen molar-refractivity contribution >= 4 is 17.5 Å². The van der Waals surface area contributed by atoms with Crippen molar-refractivity contribution in [2.45, 2.75) is 38.8 Å². The van der Waals surface area contributed by atoms with E-state index in [9.17, 15) is 9.59 Å². The lowest BCUT2D eigenvalue weighted by molar-refractivity contribution is -0.903. The lowest BCUT2D eigenvalue weighted by Gasteiger charge is -2.27. The SMILES string of the molecule is CCCN1C(=O)c2ccccc2[C@@H]1Nc1cccc(C(=O)NCC[NH+]2CCCCC2)c1. The van der Waals surface area contributed by atoms with Crippen molar-refractivity contribution in [3.05, 3.63) is 65.2 Å². The van der Waals surface area contributed by atoms with Gasteiger partial charge in [0.05, 0.1) is 26.2 Å². The number of nitrogens with zero attached hydrogens (tertiary/aromatic N) is 1. The van der Waals surface area contributed by atoms with E-state index in [1.165, 1.54) is 32.4 Å². The van der Waals surface area contributed by atoms with E-state index in [1.807, 2.05) is 53.4 Å². The molecule has 6 nitrogen and oxygen atoms in total. The van der Waals surface area contributed by atoms with Crippen LogP contribution in [0, 0.1) is 0 Å². The molecule has 2 aromatic carbocycles. The Morgan fingerprint density at radius 1 is 1.10 bits per heavy atom. The average molecular weight is 422 g/mol. The number of benzene rings is 2. The van der Waals surface area contributed by atoms with Crippen molar-refractivity contribution in [2.24, 2.45) is 0 Å². The summed E-state index contributed by atoms with van der Waals surface area (Å²) in [4.78, 5) is 29.0. The molecular weight excluding hydrogens is 388 g/mol. The molecule has 0 radical (unpaired) electrons. The van der Waals surface area contributed by atoms with Crippen LogP contribution in [0.25, 0.3) is 0 Å². The fourth-order valence-electron chi connectivity index (χ4n) is 4.66. The highest BCUT2D eigenvalue weighted by atomic mass is 16.2. The second kappa shape index (κ2) is 9.96. The van der Waals surface area contributed by atoms with Crippen LogP contribution in [-0.2, 0) is 0 Å². The zero-order chi connectivity index (χ0) is 21.6. The van der Waals surface area contributed by atoms with Gasteiger partial charge in [-0.1, -0.05) is 31.2 Å². The van der Waals surface area contributed by atoms with Gasteiger partial charge in [-0.25, -0.2) is 0 Å². The zero-order valence-corrected chi connectivity index (χ0v) is 18.3. The van der Waals surface area contributed by atoms with E-state index in [4.69, 9.17) is 0 Å². The molecule has 164 valence electrons. The molecule has 0 aromatic heterocycles. The van der Waals surface area contributed by atoms with Crippen molar-refractivity contribution < 1.29 is 14.5 Å². The van der Waals surface area contributed by atoms with E-state index in [0.29, 0.717) is 18.7 Å². The third-order valence-corrected chi connectivity index (χ3v) is 6.28. The molecule has 0 saturated carbocycles. The van der Waals surface area contributed by atoms with Gasteiger partial charge in [-0.3, -0.25) is 9.59 Å². The van der Waals surface area contributed by atoms with E-state index in [-0.39, 0.29) is 18.0 Å². The summed E-state index contributed by atoms with van der Waals surface area (Å²) in [5, 5.41) is 6.55. The molecule has 6 heteroatoms. The molecule has 1 saturated heterocycles. The maximum absolute atomic E-state index is 12.8. The molecule has 2 aliphatic rings. The number of likely N-dealkylation sites (tertiary alicyclic amines) is 1. The van der Waals surface area contributed by atoms with Crippen molar-refractivity contribution in [3.8, 4) is 0 Å². The molecule has 0 aliphatic carbocycles. The quantitative estimate of drug-likeness (QED) is 0.614. The van der Waals surface area contributed by atoms with Crippen LogP contribution in [0.15, 0.2) is 48.5 Å². The van der Waals surface area contributed by atoms with E-state index >= 15 is 0 Å². The van der Waals surface area contributed by atoms with Crippen LogP contribution in [0.2, 0.25) is 0 Å². The van der Waals surface area contributed by atoms with Gasteiger partial charge in [0.2, 0.25) is 0 Å². The average Bonchev–Trinajstić information content (AvgIpc) is 3.06. The normalized spacial score (nSPS) is 18.7. The lowest BCUT2D eigenvalue weighted by atomic mass is 10.1. The highest BCUT2D eigenvalue weighted by Gasteiger charge is 2.35. The Hall–Kier alpha value is -2.86. The first-order chi connectivity index (χ1) is 15.2. The van der Waals surface area contributed by atoms with Crippen molar-refractivity contribution in [2.75, 3.05) is 38.0 Å². The summed E-state index contributed by atoms with van der Waals surface area (Å²) in [6.07, 6.45) is 4.59. The van der Waals surface area contributed by atoms with Crippen molar-refractivity contribution in [3.63, 3.8) is 0 Å². The minimum Gasteiger partial charge on any atom is -0.361 e. The first-order valence-corrected chi connectivity index (χ1v) is 11.6. The second-order valence-electron chi connectivity index (χ2n) is 8.53. The Kier molecular flexibility index (Phi) is 6.87. The summed E-state index contributed by atoms with van der Waals surface area (Å²) in [6.45, 7) is 6.86. The van der Waals surface area contributed by atoms with Crippen LogP contribution in [-0.4, -0.2) is 49.4 Å². The van der Waals surface area contributed by atoms with Crippen LogP contribution >= 0.6 is 0 Å². The van der Waals surface area contributed by atoms with Gasteiger partial charge in [0.25, 0.3) is 11.8 Å². The van der Waals surface area contributed by atoms with Gasteiger partial charge in [0.1, 0.15) is 6.17 Å².